The number of nitrogens with one attached hydrogen (secondary N) is 2. The first-order valence-electron chi connectivity index (χ1n) is 15.6. The molecule has 5 aliphatic rings. The molecule has 2 atom stereocenters. The molecule has 0 spiro atoms. The van der Waals surface area contributed by atoms with Gasteiger partial charge in [0.15, 0.2) is 18.1 Å². The summed E-state index contributed by atoms with van der Waals surface area (Å²) in [5.41, 5.74) is 2.14. The number of hydrogen-bond acceptors (Lipinski definition) is 8. The van der Waals surface area contributed by atoms with E-state index in [0.29, 0.717) is 60.7 Å². The second-order valence-corrected chi connectivity index (χ2v) is 11.7. The fraction of sp³-hybridized carbons (Fsp3) is 0.343. The van der Waals surface area contributed by atoms with Crippen molar-refractivity contribution < 1.29 is 28.6 Å². The number of aryl methyl sites for hydroxylation is 2. The molecule has 2 N–H and O–H groups in total. The van der Waals surface area contributed by atoms with E-state index in [-0.39, 0.29) is 37.1 Å². The van der Waals surface area contributed by atoms with Crippen molar-refractivity contribution in [2.75, 3.05) is 26.8 Å². The molecule has 1 fully saturated rings. The molecule has 5 aliphatic heterocycles. The third-order valence-electron chi connectivity index (χ3n) is 8.51. The molecule has 1 aromatic heterocycles. The van der Waals surface area contributed by atoms with Crippen LogP contribution in [0.25, 0.3) is 10.8 Å². The number of ether oxygens (including phenoxy) is 3. The van der Waals surface area contributed by atoms with E-state index in [0.717, 1.165) is 16.5 Å². The minimum Gasteiger partial charge on any atom is -0.493 e. The Morgan fingerprint density at radius 1 is 0.979 bits per heavy atom. The van der Waals surface area contributed by atoms with Gasteiger partial charge in [-0.2, -0.15) is 5.10 Å². The van der Waals surface area contributed by atoms with E-state index in [9.17, 15) is 19.2 Å². The van der Waals surface area contributed by atoms with Gasteiger partial charge in [-0.1, -0.05) is 36.4 Å². The Morgan fingerprint density at radius 2 is 1.74 bits per heavy atom. The Balaban J connectivity index is 1.22. The van der Waals surface area contributed by atoms with Crippen molar-refractivity contribution in [3.63, 3.8) is 0 Å². The van der Waals surface area contributed by atoms with Crippen LogP contribution in [-0.4, -0.2) is 71.4 Å². The van der Waals surface area contributed by atoms with Crippen LogP contribution in [0.3, 0.4) is 0 Å². The van der Waals surface area contributed by atoms with E-state index >= 15 is 0 Å². The maximum absolute atomic E-state index is 13.5. The van der Waals surface area contributed by atoms with Crippen molar-refractivity contribution >= 4 is 28.5 Å². The topological polar surface area (TPSA) is 141 Å². The molecule has 0 saturated carbocycles. The van der Waals surface area contributed by atoms with Crippen LogP contribution in [0.1, 0.15) is 29.7 Å². The number of piperidine rings is 1. The Hall–Kier alpha value is -5.39. The Bertz CT molecular complexity index is 1860. The summed E-state index contributed by atoms with van der Waals surface area (Å²) in [5, 5.41) is 11.6. The number of rotatable bonds is 3. The predicted molar refractivity (Wildman–Crippen MR) is 173 cm³/mol. The van der Waals surface area contributed by atoms with Gasteiger partial charge < -0.3 is 29.7 Å². The normalized spacial score (nSPS) is 18.8. The fourth-order valence-corrected chi connectivity index (χ4v) is 5.96. The smallest absolute Gasteiger partial charge is 0.275 e. The molecule has 6 heterocycles. The van der Waals surface area contributed by atoms with Crippen molar-refractivity contribution in [1.82, 2.24) is 25.3 Å². The van der Waals surface area contributed by atoms with E-state index < -0.39 is 18.1 Å². The highest BCUT2D eigenvalue weighted by Crippen LogP contribution is 2.29. The van der Waals surface area contributed by atoms with Gasteiger partial charge >= 0.3 is 0 Å². The van der Waals surface area contributed by atoms with Gasteiger partial charge in [0.1, 0.15) is 18.4 Å². The van der Waals surface area contributed by atoms with Gasteiger partial charge in [-0.3, -0.25) is 19.2 Å². The molecule has 4 bridgehead atoms. The first-order valence-corrected chi connectivity index (χ1v) is 15.6. The lowest BCUT2D eigenvalue weighted by atomic mass is 10.0. The molecule has 9 rings (SSSR count). The summed E-state index contributed by atoms with van der Waals surface area (Å²) >= 11 is 0. The van der Waals surface area contributed by atoms with E-state index in [2.05, 4.69) is 15.7 Å². The number of methoxy groups -OCH3 is 1. The maximum Gasteiger partial charge on any atom is 0.275 e. The molecule has 47 heavy (non-hydrogen) atoms. The molecule has 4 aromatic rings. The first kappa shape index (κ1) is 31.6. The number of carbonyl (C=O) groups is 3. The minimum atomic E-state index is -0.569. The molecular weight excluding hydrogens is 602 g/mol. The number of likely N-dealkylation sites (tertiary alicyclic amines) is 1. The number of carbonyl (C=O) groups excluding carboxylic acids is 3. The Kier molecular flexibility index (Phi) is 9.37. The van der Waals surface area contributed by atoms with Crippen molar-refractivity contribution in [1.29, 1.82) is 0 Å². The van der Waals surface area contributed by atoms with Gasteiger partial charge in [-0.25, -0.2) is 4.68 Å². The SMILES string of the molecule is COc1cc2ccc1OCC(=O)N[C@@H]1CN(C(=O)Cn3nc(C)c4ccccc4c3=O)CC[C@H]1Oc1ccc(cc1)CNC(=O)CC2. The lowest BCUT2D eigenvalue weighted by Crippen LogP contribution is -2.59. The number of benzene rings is 3. The Labute approximate surface area is 271 Å². The molecule has 0 unspecified atom stereocenters. The highest BCUT2D eigenvalue weighted by Gasteiger charge is 2.34. The van der Waals surface area contributed by atoms with Crippen LogP contribution in [0.2, 0.25) is 0 Å². The lowest BCUT2D eigenvalue weighted by Gasteiger charge is -2.39. The molecule has 0 radical (unpaired) electrons. The van der Waals surface area contributed by atoms with Gasteiger partial charge in [-0.15, -0.1) is 0 Å². The largest absolute Gasteiger partial charge is 0.493 e. The molecule has 12 nitrogen and oxygen atoms in total. The molecule has 12 heteroatoms. The Morgan fingerprint density at radius 3 is 2.53 bits per heavy atom. The quantitative estimate of drug-likeness (QED) is 0.349. The van der Waals surface area contributed by atoms with Crippen molar-refractivity contribution in [2.45, 2.75) is 51.4 Å². The van der Waals surface area contributed by atoms with E-state index in [4.69, 9.17) is 14.2 Å². The van der Waals surface area contributed by atoms with E-state index in [1.54, 1.807) is 36.1 Å². The van der Waals surface area contributed by atoms with Gasteiger partial charge in [0.05, 0.1) is 24.2 Å². The standard InChI is InChI=1S/C35H37N5O7/c1-22-26-5-3-4-6-27(26)35(44)40(38-22)20-34(43)39-16-15-29-28(19-39)37-33(42)21-46-30-13-9-23(17-31(30)45-2)10-14-32(41)36-18-24-7-11-25(47-29)12-8-24/h3-9,11-13,17,28-29H,10,14-16,18-21H2,1-2H3,(H,36,41)(H,37,42)/t28-,29-/m1/s1. The summed E-state index contributed by atoms with van der Waals surface area (Å²) < 4.78 is 18.8. The van der Waals surface area contributed by atoms with Crippen LogP contribution in [0.15, 0.2) is 71.5 Å². The average molecular weight is 640 g/mol. The minimum absolute atomic E-state index is 0.0729. The van der Waals surface area contributed by atoms with Crippen LogP contribution in [0.4, 0.5) is 0 Å². The van der Waals surface area contributed by atoms with Crippen LogP contribution in [0, 0.1) is 6.92 Å². The van der Waals surface area contributed by atoms with Gasteiger partial charge in [0.25, 0.3) is 11.5 Å². The van der Waals surface area contributed by atoms with Gasteiger partial charge in [-0.05, 0) is 54.8 Å². The zero-order valence-electron chi connectivity index (χ0n) is 26.4. The summed E-state index contributed by atoms with van der Waals surface area (Å²) in [6.07, 6.45) is 0.810. The highest BCUT2D eigenvalue weighted by atomic mass is 16.5. The molecule has 3 aromatic carbocycles. The van der Waals surface area contributed by atoms with E-state index in [1.165, 1.54) is 11.8 Å². The summed E-state index contributed by atoms with van der Waals surface area (Å²) in [5.74, 6) is 0.682. The van der Waals surface area contributed by atoms with E-state index in [1.807, 2.05) is 42.5 Å². The fourth-order valence-electron chi connectivity index (χ4n) is 5.96. The second-order valence-electron chi connectivity index (χ2n) is 11.7. The summed E-state index contributed by atoms with van der Waals surface area (Å²) in [6, 6.07) is 19.4. The molecular formula is C35H37N5O7. The maximum atomic E-state index is 13.5. The van der Waals surface area contributed by atoms with Crippen LogP contribution in [0.5, 0.6) is 17.2 Å². The van der Waals surface area contributed by atoms with Crippen LogP contribution < -0.4 is 30.4 Å². The number of aromatic nitrogens is 2. The number of hydrogen-bond donors (Lipinski definition) is 2. The molecule has 1 saturated heterocycles. The number of fused-ring (bicyclic) bond motifs is 1. The lowest BCUT2D eigenvalue weighted by molar-refractivity contribution is -0.136. The van der Waals surface area contributed by atoms with Gasteiger partial charge in [0.2, 0.25) is 11.8 Å². The number of amides is 3. The van der Waals surface area contributed by atoms with Crippen LogP contribution in [-0.2, 0) is 33.9 Å². The first-order chi connectivity index (χ1) is 22.8. The zero-order chi connectivity index (χ0) is 32.9. The van der Waals surface area contributed by atoms with Crippen molar-refractivity contribution in [3.05, 3.63) is 93.9 Å². The summed E-state index contributed by atoms with van der Waals surface area (Å²) in [7, 11) is 1.51. The molecule has 0 aliphatic carbocycles. The summed E-state index contributed by atoms with van der Waals surface area (Å²) in [6.45, 7) is 2.19. The average Bonchev–Trinajstić information content (AvgIpc) is 3.08. The summed E-state index contributed by atoms with van der Waals surface area (Å²) in [4.78, 5) is 54.0. The number of nitrogens with zero attached hydrogens (tertiary/aromatic N) is 3. The van der Waals surface area contributed by atoms with Gasteiger partial charge in [0, 0.05) is 37.9 Å². The second kappa shape index (κ2) is 13.9. The van der Waals surface area contributed by atoms with Crippen molar-refractivity contribution in [2.24, 2.45) is 0 Å². The highest BCUT2D eigenvalue weighted by molar-refractivity contribution is 5.84. The third kappa shape index (κ3) is 7.37. The van der Waals surface area contributed by atoms with Crippen LogP contribution >= 0.6 is 0 Å². The predicted octanol–water partition coefficient (Wildman–Crippen LogP) is 2.52. The zero-order valence-corrected chi connectivity index (χ0v) is 26.4. The van der Waals surface area contributed by atoms with Crippen molar-refractivity contribution in [3.8, 4) is 17.2 Å². The third-order valence-corrected chi connectivity index (χ3v) is 8.51. The monoisotopic (exact) mass is 639 g/mol. The molecule has 244 valence electrons. The molecule has 3 amide bonds.